The highest BCUT2D eigenvalue weighted by Crippen LogP contribution is 2.10. The summed E-state index contributed by atoms with van der Waals surface area (Å²) in [4.78, 5) is 11.4. The molecule has 3 N–H and O–H groups in total. The zero-order valence-electron chi connectivity index (χ0n) is 9.54. The van der Waals surface area contributed by atoms with E-state index in [1.807, 2.05) is 20.8 Å². The van der Waals surface area contributed by atoms with E-state index in [2.05, 4.69) is 10.6 Å². The summed E-state index contributed by atoms with van der Waals surface area (Å²) >= 11 is 0. The number of alkyl carbamates (subject to hydrolysis) is 1. The second kappa shape index (κ2) is 4.81. The van der Waals surface area contributed by atoms with E-state index in [0.717, 1.165) is 13.0 Å². The predicted octanol–water partition coefficient (Wildman–Crippen LogP) is 0.234. The van der Waals surface area contributed by atoms with Crippen molar-refractivity contribution in [2.24, 2.45) is 0 Å². The molecule has 15 heavy (non-hydrogen) atoms. The summed E-state index contributed by atoms with van der Waals surface area (Å²) in [6.07, 6.45) is 0.402. The number of amides is 1. The molecule has 0 radical (unpaired) electrons. The Bertz CT molecular complexity index is 225. The second-order valence-corrected chi connectivity index (χ2v) is 4.78. The van der Waals surface area contributed by atoms with E-state index >= 15 is 0 Å². The molecule has 1 aliphatic heterocycles. The van der Waals surface area contributed by atoms with Crippen LogP contribution in [0.25, 0.3) is 0 Å². The molecule has 1 aliphatic rings. The first-order valence-electron chi connectivity index (χ1n) is 5.26. The van der Waals surface area contributed by atoms with Crippen molar-refractivity contribution >= 4 is 6.09 Å². The van der Waals surface area contributed by atoms with Gasteiger partial charge in [-0.15, -0.1) is 0 Å². The Morgan fingerprint density at radius 2 is 2.27 bits per heavy atom. The molecule has 1 heterocycles. The number of carbonyl (C=O) groups is 1. The standard InChI is InChI=1S/C10H20N2O3/c1-10(2,3)15-9(14)12-7-4-5-11-8(7)6-13/h7-8,11,13H,4-6H2,1-3H3,(H,12,14). The lowest BCUT2D eigenvalue weighted by atomic mass is 10.1. The Balaban J connectivity index is 2.37. The number of carbonyl (C=O) groups excluding carboxylic acids is 1. The third kappa shape index (κ3) is 4.05. The van der Waals surface area contributed by atoms with Gasteiger partial charge in [-0.2, -0.15) is 0 Å². The van der Waals surface area contributed by atoms with Crippen molar-refractivity contribution in [2.45, 2.75) is 44.9 Å². The summed E-state index contributed by atoms with van der Waals surface area (Å²) in [5.74, 6) is 0. The van der Waals surface area contributed by atoms with Crippen LogP contribution in [0.4, 0.5) is 4.79 Å². The van der Waals surface area contributed by atoms with Gasteiger partial charge < -0.3 is 20.5 Å². The van der Waals surface area contributed by atoms with Crippen LogP contribution in [0.5, 0.6) is 0 Å². The number of rotatable bonds is 2. The van der Waals surface area contributed by atoms with E-state index in [0.29, 0.717) is 0 Å². The molecule has 2 atom stereocenters. The Hall–Kier alpha value is -0.810. The van der Waals surface area contributed by atoms with Crippen molar-refractivity contribution in [3.8, 4) is 0 Å². The molecule has 2 unspecified atom stereocenters. The van der Waals surface area contributed by atoms with Gasteiger partial charge in [0, 0.05) is 0 Å². The molecule has 5 heteroatoms. The van der Waals surface area contributed by atoms with E-state index in [1.54, 1.807) is 0 Å². The summed E-state index contributed by atoms with van der Waals surface area (Å²) in [5.41, 5.74) is -0.481. The predicted molar refractivity (Wildman–Crippen MR) is 56.7 cm³/mol. The highest BCUT2D eigenvalue weighted by Gasteiger charge is 2.28. The number of ether oxygens (including phenoxy) is 1. The van der Waals surface area contributed by atoms with Gasteiger partial charge in [0.05, 0.1) is 18.7 Å². The zero-order chi connectivity index (χ0) is 11.5. The van der Waals surface area contributed by atoms with Crippen LogP contribution >= 0.6 is 0 Å². The summed E-state index contributed by atoms with van der Waals surface area (Å²) < 4.78 is 5.13. The van der Waals surface area contributed by atoms with Crippen molar-refractivity contribution in [1.82, 2.24) is 10.6 Å². The maximum absolute atomic E-state index is 11.4. The van der Waals surface area contributed by atoms with Gasteiger partial charge in [0.1, 0.15) is 5.60 Å². The van der Waals surface area contributed by atoms with Crippen LogP contribution in [0.3, 0.4) is 0 Å². The third-order valence-corrected chi connectivity index (χ3v) is 2.25. The minimum atomic E-state index is -0.481. The van der Waals surface area contributed by atoms with Crippen LogP contribution < -0.4 is 10.6 Å². The molecule has 0 saturated carbocycles. The fourth-order valence-corrected chi connectivity index (χ4v) is 1.59. The van der Waals surface area contributed by atoms with Crippen molar-refractivity contribution in [3.05, 3.63) is 0 Å². The van der Waals surface area contributed by atoms with Crippen LogP contribution in [0.15, 0.2) is 0 Å². The molecule has 5 nitrogen and oxygen atoms in total. The molecule has 0 aliphatic carbocycles. The van der Waals surface area contributed by atoms with Gasteiger partial charge in [0.2, 0.25) is 0 Å². The minimum absolute atomic E-state index is 0.0282. The second-order valence-electron chi connectivity index (χ2n) is 4.78. The lowest BCUT2D eigenvalue weighted by Gasteiger charge is -2.23. The van der Waals surface area contributed by atoms with Gasteiger partial charge in [0.25, 0.3) is 0 Å². The van der Waals surface area contributed by atoms with Crippen LogP contribution in [-0.2, 0) is 4.74 Å². The van der Waals surface area contributed by atoms with E-state index < -0.39 is 11.7 Å². The summed E-state index contributed by atoms with van der Waals surface area (Å²) in [7, 11) is 0. The monoisotopic (exact) mass is 216 g/mol. The average molecular weight is 216 g/mol. The van der Waals surface area contributed by atoms with Crippen LogP contribution in [0, 0.1) is 0 Å². The smallest absolute Gasteiger partial charge is 0.407 e. The van der Waals surface area contributed by atoms with Crippen molar-refractivity contribution < 1.29 is 14.6 Å². The summed E-state index contributed by atoms with van der Waals surface area (Å²) in [6.45, 7) is 6.31. The topological polar surface area (TPSA) is 70.6 Å². The van der Waals surface area contributed by atoms with E-state index in [4.69, 9.17) is 9.84 Å². The maximum Gasteiger partial charge on any atom is 0.407 e. The molecular weight excluding hydrogens is 196 g/mol. The number of hydrogen-bond donors (Lipinski definition) is 3. The molecule has 0 aromatic heterocycles. The van der Waals surface area contributed by atoms with Gasteiger partial charge in [-0.3, -0.25) is 0 Å². The third-order valence-electron chi connectivity index (χ3n) is 2.25. The van der Waals surface area contributed by atoms with Crippen molar-refractivity contribution in [3.63, 3.8) is 0 Å². The fraction of sp³-hybridized carbons (Fsp3) is 0.900. The quantitative estimate of drug-likeness (QED) is 0.618. The molecule has 1 saturated heterocycles. The Kier molecular flexibility index (Phi) is 3.93. The molecule has 0 aromatic rings. The molecule has 1 amide bonds. The SMILES string of the molecule is CC(C)(C)OC(=O)NC1CCNC1CO. The molecule has 1 rings (SSSR count). The average Bonchev–Trinajstić information content (AvgIpc) is 2.48. The summed E-state index contributed by atoms with van der Waals surface area (Å²) in [6, 6.07) is -0.0950. The fourth-order valence-electron chi connectivity index (χ4n) is 1.59. The van der Waals surface area contributed by atoms with E-state index in [9.17, 15) is 4.79 Å². The lowest BCUT2D eigenvalue weighted by Crippen LogP contribution is -2.46. The maximum atomic E-state index is 11.4. The van der Waals surface area contributed by atoms with Gasteiger partial charge >= 0.3 is 6.09 Å². The lowest BCUT2D eigenvalue weighted by molar-refractivity contribution is 0.0494. The van der Waals surface area contributed by atoms with Crippen LogP contribution in [0.1, 0.15) is 27.2 Å². The first kappa shape index (κ1) is 12.3. The van der Waals surface area contributed by atoms with E-state index in [-0.39, 0.29) is 18.7 Å². The normalized spacial score (nSPS) is 26.4. The zero-order valence-corrected chi connectivity index (χ0v) is 9.54. The Morgan fingerprint density at radius 1 is 1.60 bits per heavy atom. The first-order chi connectivity index (χ1) is 6.92. The highest BCUT2D eigenvalue weighted by molar-refractivity contribution is 5.68. The van der Waals surface area contributed by atoms with Gasteiger partial charge in [-0.25, -0.2) is 4.79 Å². The number of aliphatic hydroxyl groups excluding tert-OH is 1. The molecule has 0 spiro atoms. The number of aliphatic hydroxyl groups is 1. The van der Waals surface area contributed by atoms with Crippen LogP contribution in [0.2, 0.25) is 0 Å². The van der Waals surface area contributed by atoms with Gasteiger partial charge in [-0.1, -0.05) is 0 Å². The van der Waals surface area contributed by atoms with E-state index in [1.165, 1.54) is 0 Å². The Labute approximate surface area is 90.2 Å². The molecule has 88 valence electrons. The Morgan fingerprint density at radius 3 is 2.80 bits per heavy atom. The van der Waals surface area contributed by atoms with Crippen molar-refractivity contribution in [2.75, 3.05) is 13.2 Å². The number of hydrogen-bond acceptors (Lipinski definition) is 4. The van der Waals surface area contributed by atoms with Gasteiger partial charge in [0.15, 0.2) is 0 Å². The molecule has 0 bridgehead atoms. The van der Waals surface area contributed by atoms with Crippen LogP contribution in [-0.4, -0.2) is 42.0 Å². The summed E-state index contributed by atoms with van der Waals surface area (Å²) in [5, 5.41) is 14.9. The highest BCUT2D eigenvalue weighted by atomic mass is 16.6. The van der Waals surface area contributed by atoms with Crippen molar-refractivity contribution in [1.29, 1.82) is 0 Å². The van der Waals surface area contributed by atoms with Gasteiger partial charge in [-0.05, 0) is 33.7 Å². The first-order valence-corrected chi connectivity index (χ1v) is 5.26. The molecular formula is C10H20N2O3. The molecule has 0 aromatic carbocycles. The number of nitrogens with one attached hydrogen (secondary N) is 2. The minimum Gasteiger partial charge on any atom is -0.444 e. The largest absolute Gasteiger partial charge is 0.444 e. The molecule has 1 fully saturated rings.